The Labute approximate surface area is 108 Å². The first-order chi connectivity index (χ1) is 8.38. The molecule has 0 aromatic heterocycles. The van der Waals surface area contributed by atoms with Gasteiger partial charge in [-0.2, -0.15) is 0 Å². The van der Waals surface area contributed by atoms with Crippen molar-refractivity contribution in [2.75, 3.05) is 6.61 Å². The summed E-state index contributed by atoms with van der Waals surface area (Å²) in [5.74, 6) is -0.442. The molecular weight excluding hydrogens is 230 g/mol. The van der Waals surface area contributed by atoms with Crippen molar-refractivity contribution in [1.82, 2.24) is 0 Å². The fourth-order valence-electron chi connectivity index (χ4n) is 1.24. The van der Waals surface area contributed by atoms with Crippen molar-refractivity contribution < 1.29 is 14.3 Å². The molecule has 0 radical (unpaired) electrons. The van der Waals surface area contributed by atoms with E-state index < -0.39 is 12.0 Å². The molecule has 4 heteroatoms. The Kier molecular flexibility index (Phi) is 5.31. The number of esters is 1. The minimum Gasteiger partial charge on any atom is -0.460 e. The Morgan fingerprint density at radius 1 is 1.28 bits per heavy atom. The average Bonchev–Trinajstić information content (AvgIpc) is 2.33. The van der Waals surface area contributed by atoms with Gasteiger partial charge in [-0.25, -0.2) is 0 Å². The third-order valence-electron chi connectivity index (χ3n) is 2.22. The zero-order chi connectivity index (χ0) is 13.6. The largest absolute Gasteiger partial charge is 0.460 e. The molecule has 0 saturated heterocycles. The van der Waals surface area contributed by atoms with Crippen molar-refractivity contribution in [3.05, 3.63) is 35.9 Å². The number of nitrogens with two attached hydrogens (primary N) is 1. The van der Waals surface area contributed by atoms with Gasteiger partial charge < -0.3 is 15.2 Å². The molecule has 0 aliphatic heterocycles. The van der Waals surface area contributed by atoms with Crippen LogP contribution in [0.1, 0.15) is 26.3 Å². The van der Waals surface area contributed by atoms with Crippen molar-refractivity contribution in [2.45, 2.75) is 39.0 Å². The zero-order valence-electron chi connectivity index (χ0n) is 11.2. The normalized spacial score (nSPS) is 13.1. The van der Waals surface area contributed by atoms with E-state index in [0.717, 1.165) is 5.56 Å². The maximum absolute atomic E-state index is 11.6. The van der Waals surface area contributed by atoms with Crippen LogP contribution >= 0.6 is 0 Å². The van der Waals surface area contributed by atoms with Gasteiger partial charge in [0.25, 0.3) is 0 Å². The molecule has 0 heterocycles. The average molecular weight is 251 g/mol. The molecule has 1 aromatic rings. The zero-order valence-corrected chi connectivity index (χ0v) is 11.2. The number of carbonyl (C=O) groups excluding carboxylic acids is 1. The number of hydrogen-bond donors (Lipinski definition) is 1. The van der Waals surface area contributed by atoms with Crippen LogP contribution in [0.25, 0.3) is 0 Å². The molecule has 100 valence electrons. The van der Waals surface area contributed by atoms with Gasteiger partial charge in [-0.3, -0.25) is 4.79 Å². The monoisotopic (exact) mass is 251 g/mol. The molecule has 2 N–H and O–H groups in total. The number of hydrogen-bond acceptors (Lipinski definition) is 4. The fraction of sp³-hybridized carbons (Fsp3) is 0.500. The first-order valence-corrected chi connectivity index (χ1v) is 5.98. The predicted molar refractivity (Wildman–Crippen MR) is 69.9 cm³/mol. The molecule has 4 nitrogen and oxygen atoms in total. The minimum absolute atomic E-state index is 0.164. The summed E-state index contributed by atoms with van der Waals surface area (Å²) in [6.45, 7) is 6.14. The van der Waals surface area contributed by atoms with Gasteiger partial charge in [0.05, 0.1) is 12.2 Å². The van der Waals surface area contributed by atoms with Gasteiger partial charge in [0.1, 0.15) is 12.6 Å². The molecule has 0 spiro atoms. The Hall–Kier alpha value is -1.39. The first kappa shape index (κ1) is 14.7. The molecule has 0 aliphatic carbocycles. The van der Waals surface area contributed by atoms with E-state index in [4.69, 9.17) is 15.2 Å². The van der Waals surface area contributed by atoms with Crippen molar-refractivity contribution >= 4 is 5.97 Å². The lowest BCUT2D eigenvalue weighted by Gasteiger charge is -2.21. The van der Waals surface area contributed by atoms with Crippen molar-refractivity contribution in [3.8, 4) is 0 Å². The molecular formula is C14H21NO3. The van der Waals surface area contributed by atoms with Crippen LogP contribution in [0, 0.1) is 0 Å². The molecule has 1 unspecified atom stereocenters. The summed E-state index contributed by atoms with van der Waals surface area (Å²) in [6.07, 6.45) is 0. The van der Waals surface area contributed by atoms with E-state index in [1.807, 2.05) is 51.1 Å². The van der Waals surface area contributed by atoms with Gasteiger partial charge in [0.15, 0.2) is 0 Å². The number of ether oxygens (including phenoxy) is 2. The molecule has 1 aromatic carbocycles. The standard InChI is InChI=1S/C14H21NO3/c1-14(2,3)18-10-12(15)13(16)17-9-11-7-5-4-6-8-11/h4-8,12H,9-10,15H2,1-3H3. The second kappa shape index (κ2) is 6.52. The van der Waals surface area contributed by atoms with Crippen LogP contribution in [0.3, 0.4) is 0 Å². The van der Waals surface area contributed by atoms with Gasteiger partial charge in [-0.15, -0.1) is 0 Å². The van der Waals surface area contributed by atoms with E-state index in [-0.39, 0.29) is 18.8 Å². The second-order valence-electron chi connectivity index (χ2n) is 5.12. The molecule has 1 rings (SSSR count). The summed E-state index contributed by atoms with van der Waals surface area (Å²) in [4.78, 5) is 11.6. The first-order valence-electron chi connectivity index (χ1n) is 5.98. The Balaban J connectivity index is 2.32. The highest BCUT2D eigenvalue weighted by Crippen LogP contribution is 2.07. The van der Waals surface area contributed by atoms with Crippen molar-refractivity contribution in [2.24, 2.45) is 5.73 Å². The maximum atomic E-state index is 11.6. The van der Waals surface area contributed by atoms with Gasteiger partial charge in [-0.1, -0.05) is 30.3 Å². The van der Waals surface area contributed by atoms with Crippen LogP contribution in [0.4, 0.5) is 0 Å². The smallest absolute Gasteiger partial charge is 0.325 e. The fourth-order valence-corrected chi connectivity index (χ4v) is 1.24. The summed E-state index contributed by atoms with van der Waals surface area (Å²) >= 11 is 0. The Morgan fingerprint density at radius 3 is 2.44 bits per heavy atom. The van der Waals surface area contributed by atoms with E-state index >= 15 is 0 Å². The lowest BCUT2D eigenvalue weighted by molar-refractivity contribution is -0.149. The summed E-state index contributed by atoms with van der Waals surface area (Å²) in [5.41, 5.74) is 6.32. The maximum Gasteiger partial charge on any atom is 0.325 e. The van der Waals surface area contributed by atoms with Crippen LogP contribution in [-0.2, 0) is 20.9 Å². The van der Waals surface area contributed by atoms with Gasteiger partial charge in [-0.05, 0) is 26.3 Å². The van der Waals surface area contributed by atoms with E-state index in [1.54, 1.807) is 0 Å². The molecule has 0 bridgehead atoms. The molecule has 1 atom stereocenters. The topological polar surface area (TPSA) is 61.5 Å². The highest BCUT2D eigenvalue weighted by atomic mass is 16.5. The van der Waals surface area contributed by atoms with Gasteiger partial charge in [0.2, 0.25) is 0 Å². The molecule has 0 fully saturated rings. The quantitative estimate of drug-likeness (QED) is 0.812. The summed E-state index contributed by atoms with van der Waals surface area (Å²) < 4.78 is 10.5. The summed E-state index contributed by atoms with van der Waals surface area (Å²) in [7, 11) is 0. The Bertz CT molecular complexity index is 370. The van der Waals surface area contributed by atoms with E-state index in [1.165, 1.54) is 0 Å². The molecule has 0 aliphatic rings. The summed E-state index contributed by atoms with van der Waals surface area (Å²) in [5, 5.41) is 0. The predicted octanol–water partition coefficient (Wildman–Crippen LogP) is 1.87. The van der Waals surface area contributed by atoms with E-state index in [0.29, 0.717) is 0 Å². The minimum atomic E-state index is -0.743. The third-order valence-corrected chi connectivity index (χ3v) is 2.22. The molecule has 18 heavy (non-hydrogen) atoms. The van der Waals surface area contributed by atoms with Crippen LogP contribution in [-0.4, -0.2) is 24.2 Å². The summed E-state index contributed by atoms with van der Waals surface area (Å²) in [6, 6.07) is 8.74. The highest BCUT2D eigenvalue weighted by Gasteiger charge is 2.19. The number of carbonyl (C=O) groups is 1. The van der Waals surface area contributed by atoms with Gasteiger partial charge in [0, 0.05) is 0 Å². The second-order valence-corrected chi connectivity index (χ2v) is 5.12. The molecule has 0 saturated carbocycles. The van der Waals surface area contributed by atoms with E-state index in [2.05, 4.69) is 0 Å². The van der Waals surface area contributed by atoms with E-state index in [9.17, 15) is 4.79 Å². The van der Waals surface area contributed by atoms with Crippen LogP contribution in [0.5, 0.6) is 0 Å². The number of rotatable bonds is 5. The number of benzene rings is 1. The highest BCUT2D eigenvalue weighted by molar-refractivity contribution is 5.75. The Morgan fingerprint density at radius 2 is 1.89 bits per heavy atom. The van der Waals surface area contributed by atoms with Crippen LogP contribution in [0.15, 0.2) is 30.3 Å². The van der Waals surface area contributed by atoms with Crippen LogP contribution in [0.2, 0.25) is 0 Å². The SMILES string of the molecule is CC(C)(C)OCC(N)C(=O)OCc1ccccc1. The van der Waals surface area contributed by atoms with Gasteiger partial charge >= 0.3 is 5.97 Å². The third kappa shape index (κ3) is 5.80. The lowest BCUT2D eigenvalue weighted by atomic mass is 10.2. The van der Waals surface area contributed by atoms with Crippen molar-refractivity contribution in [3.63, 3.8) is 0 Å². The molecule has 0 amide bonds. The lowest BCUT2D eigenvalue weighted by Crippen LogP contribution is -2.39. The van der Waals surface area contributed by atoms with Crippen molar-refractivity contribution in [1.29, 1.82) is 0 Å². The van der Waals surface area contributed by atoms with Crippen LogP contribution < -0.4 is 5.73 Å².